The number of carbonyl (C=O) groups is 1. The van der Waals surface area contributed by atoms with Crippen molar-refractivity contribution in [2.24, 2.45) is 11.7 Å². The molecule has 17 heavy (non-hydrogen) atoms. The summed E-state index contributed by atoms with van der Waals surface area (Å²) in [6.45, 7) is 0.921. The Labute approximate surface area is 102 Å². The van der Waals surface area contributed by atoms with Gasteiger partial charge < -0.3 is 10.6 Å². The number of hydrogen-bond donors (Lipinski definition) is 1. The summed E-state index contributed by atoms with van der Waals surface area (Å²) in [5, 5.41) is 0. The van der Waals surface area contributed by atoms with E-state index in [1.807, 2.05) is 35.2 Å². The van der Waals surface area contributed by atoms with Gasteiger partial charge in [-0.25, -0.2) is 0 Å². The molecule has 1 aliphatic heterocycles. The second-order valence-electron chi connectivity index (χ2n) is 5.21. The highest BCUT2D eigenvalue weighted by atomic mass is 16.2. The maximum absolute atomic E-state index is 12.3. The Morgan fingerprint density at radius 3 is 2.65 bits per heavy atom. The van der Waals surface area contributed by atoms with Crippen LogP contribution < -0.4 is 5.73 Å². The van der Waals surface area contributed by atoms with Crippen LogP contribution in [0.1, 0.15) is 30.9 Å². The lowest BCUT2D eigenvalue weighted by Gasteiger charge is -2.29. The van der Waals surface area contributed by atoms with Crippen molar-refractivity contribution in [3.05, 3.63) is 35.9 Å². The van der Waals surface area contributed by atoms with Crippen LogP contribution >= 0.6 is 0 Å². The van der Waals surface area contributed by atoms with E-state index in [1.165, 1.54) is 12.8 Å². The standard InChI is InChI=1S/C14H18N2O/c15-13(11-4-2-1-3-5-11)14(17)16-9-10-6-7-12(16)8-10/h1-5,10,12-13H,6-9,15H2/t10?,12?,13-/m0/s1. The molecule has 90 valence electrons. The highest BCUT2D eigenvalue weighted by molar-refractivity contribution is 5.83. The normalized spacial score (nSPS) is 28.4. The molecule has 2 fully saturated rings. The molecule has 1 heterocycles. The number of benzene rings is 1. The third kappa shape index (κ3) is 1.84. The molecule has 2 unspecified atom stereocenters. The summed E-state index contributed by atoms with van der Waals surface area (Å²) in [7, 11) is 0. The van der Waals surface area contributed by atoms with Crippen LogP contribution in [0.4, 0.5) is 0 Å². The maximum Gasteiger partial charge on any atom is 0.244 e. The molecule has 3 rings (SSSR count). The highest BCUT2D eigenvalue weighted by Crippen LogP contribution is 2.38. The Bertz CT molecular complexity index is 417. The Morgan fingerprint density at radius 2 is 2.06 bits per heavy atom. The molecule has 1 saturated heterocycles. The highest BCUT2D eigenvalue weighted by Gasteiger charge is 2.41. The van der Waals surface area contributed by atoms with Gasteiger partial charge in [-0.05, 0) is 30.7 Å². The number of likely N-dealkylation sites (tertiary alicyclic amines) is 1. The predicted octanol–water partition coefficient (Wildman–Crippen LogP) is 1.70. The molecule has 1 aromatic rings. The van der Waals surface area contributed by atoms with E-state index in [-0.39, 0.29) is 5.91 Å². The average Bonchev–Trinajstić information content (AvgIpc) is 3.00. The van der Waals surface area contributed by atoms with Crippen LogP contribution in [0.5, 0.6) is 0 Å². The van der Waals surface area contributed by atoms with Crippen molar-refractivity contribution in [3.63, 3.8) is 0 Å². The molecule has 3 atom stereocenters. The van der Waals surface area contributed by atoms with E-state index >= 15 is 0 Å². The maximum atomic E-state index is 12.3. The number of nitrogens with zero attached hydrogens (tertiary/aromatic N) is 1. The number of amides is 1. The monoisotopic (exact) mass is 230 g/mol. The topological polar surface area (TPSA) is 46.3 Å². The van der Waals surface area contributed by atoms with Gasteiger partial charge in [-0.15, -0.1) is 0 Å². The first-order chi connectivity index (χ1) is 8.25. The van der Waals surface area contributed by atoms with Gasteiger partial charge in [-0.3, -0.25) is 4.79 Å². The number of fused-ring (bicyclic) bond motifs is 2. The zero-order valence-corrected chi connectivity index (χ0v) is 9.88. The van der Waals surface area contributed by atoms with Gasteiger partial charge >= 0.3 is 0 Å². The van der Waals surface area contributed by atoms with E-state index in [4.69, 9.17) is 5.73 Å². The Hall–Kier alpha value is -1.35. The number of nitrogens with two attached hydrogens (primary N) is 1. The molecule has 2 N–H and O–H groups in total. The van der Waals surface area contributed by atoms with Crippen molar-refractivity contribution in [1.29, 1.82) is 0 Å². The van der Waals surface area contributed by atoms with Crippen LogP contribution in [0.15, 0.2) is 30.3 Å². The minimum absolute atomic E-state index is 0.100. The smallest absolute Gasteiger partial charge is 0.244 e. The molecule has 0 aromatic heterocycles. The number of piperidine rings is 1. The summed E-state index contributed by atoms with van der Waals surface area (Å²) in [4.78, 5) is 14.3. The van der Waals surface area contributed by atoms with E-state index < -0.39 is 6.04 Å². The van der Waals surface area contributed by atoms with Crippen molar-refractivity contribution in [3.8, 4) is 0 Å². The zero-order chi connectivity index (χ0) is 11.8. The number of carbonyl (C=O) groups excluding carboxylic acids is 1. The van der Waals surface area contributed by atoms with E-state index in [2.05, 4.69) is 0 Å². The van der Waals surface area contributed by atoms with Gasteiger partial charge in [0.2, 0.25) is 5.91 Å². The third-order valence-corrected chi connectivity index (χ3v) is 4.12. The number of rotatable bonds is 2. The molecule has 3 heteroatoms. The predicted molar refractivity (Wildman–Crippen MR) is 66.2 cm³/mol. The molecular formula is C14H18N2O. The minimum Gasteiger partial charge on any atom is -0.338 e. The van der Waals surface area contributed by atoms with Crippen LogP contribution in [0.3, 0.4) is 0 Å². The second-order valence-corrected chi connectivity index (χ2v) is 5.21. The Balaban J connectivity index is 1.74. The van der Waals surface area contributed by atoms with Crippen LogP contribution in [-0.4, -0.2) is 23.4 Å². The molecule has 1 aliphatic carbocycles. The van der Waals surface area contributed by atoms with Crippen LogP contribution in [0, 0.1) is 5.92 Å². The van der Waals surface area contributed by atoms with Gasteiger partial charge in [0.1, 0.15) is 6.04 Å². The van der Waals surface area contributed by atoms with E-state index in [9.17, 15) is 4.79 Å². The Kier molecular flexibility index (Phi) is 2.63. The molecular weight excluding hydrogens is 212 g/mol. The average molecular weight is 230 g/mol. The first-order valence-electron chi connectivity index (χ1n) is 6.36. The summed E-state index contributed by atoms with van der Waals surface area (Å²) in [6, 6.07) is 9.63. The van der Waals surface area contributed by atoms with E-state index in [0.29, 0.717) is 6.04 Å². The lowest BCUT2D eigenvalue weighted by atomic mass is 10.0. The third-order valence-electron chi connectivity index (χ3n) is 4.12. The van der Waals surface area contributed by atoms with Crippen molar-refractivity contribution >= 4 is 5.91 Å². The van der Waals surface area contributed by atoms with Crippen LogP contribution in [0.2, 0.25) is 0 Å². The second kappa shape index (κ2) is 4.15. The molecule has 1 amide bonds. The van der Waals surface area contributed by atoms with Crippen molar-refractivity contribution in [1.82, 2.24) is 4.90 Å². The fraction of sp³-hybridized carbons (Fsp3) is 0.500. The molecule has 2 bridgehead atoms. The summed E-state index contributed by atoms with van der Waals surface area (Å²) in [5.41, 5.74) is 6.98. The quantitative estimate of drug-likeness (QED) is 0.840. The van der Waals surface area contributed by atoms with Gasteiger partial charge in [0, 0.05) is 12.6 Å². The molecule has 1 saturated carbocycles. The summed E-state index contributed by atoms with van der Waals surface area (Å²) >= 11 is 0. The summed E-state index contributed by atoms with van der Waals surface area (Å²) in [5.74, 6) is 0.829. The van der Waals surface area contributed by atoms with Gasteiger partial charge in [0.05, 0.1) is 0 Å². The lowest BCUT2D eigenvalue weighted by Crippen LogP contribution is -2.43. The fourth-order valence-electron chi connectivity index (χ4n) is 3.18. The van der Waals surface area contributed by atoms with Gasteiger partial charge in [0.15, 0.2) is 0 Å². The zero-order valence-electron chi connectivity index (χ0n) is 9.88. The van der Waals surface area contributed by atoms with Gasteiger partial charge in [-0.1, -0.05) is 30.3 Å². The first kappa shape index (κ1) is 10.8. The summed E-state index contributed by atoms with van der Waals surface area (Å²) < 4.78 is 0. The van der Waals surface area contributed by atoms with Crippen molar-refractivity contribution in [2.45, 2.75) is 31.3 Å². The largest absolute Gasteiger partial charge is 0.338 e. The molecule has 2 aliphatic rings. The SMILES string of the molecule is N[C@H](C(=O)N1CC2CCC1C2)c1ccccc1. The minimum atomic E-state index is -0.490. The van der Waals surface area contributed by atoms with Gasteiger partial charge in [0.25, 0.3) is 0 Å². The first-order valence-corrected chi connectivity index (χ1v) is 6.36. The van der Waals surface area contributed by atoms with Crippen molar-refractivity contribution in [2.75, 3.05) is 6.54 Å². The number of hydrogen-bond acceptors (Lipinski definition) is 2. The van der Waals surface area contributed by atoms with E-state index in [1.54, 1.807) is 0 Å². The molecule has 3 nitrogen and oxygen atoms in total. The summed E-state index contributed by atoms with van der Waals surface area (Å²) in [6.07, 6.45) is 3.64. The van der Waals surface area contributed by atoms with Crippen LogP contribution in [-0.2, 0) is 4.79 Å². The molecule has 0 radical (unpaired) electrons. The lowest BCUT2D eigenvalue weighted by molar-refractivity contribution is -0.134. The fourth-order valence-corrected chi connectivity index (χ4v) is 3.18. The Morgan fingerprint density at radius 1 is 1.29 bits per heavy atom. The van der Waals surface area contributed by atoms with Crippen LogP contribution in [0.25, 0.3) is 0 Å². The molecule has 1 aromatic carbocycles. The van der Waals surface area contributed by atoms with E-state index in [0.717, 1.165) is 24.4 Å². The van der Waals surface area contributed by atoms with Crippen molar-refractivity contribution < 1.29 is 4.79 Å². The van der Waals surface area contributed by atoms with Gasteiger partial charge in [-0.2, -0.15) is 0 Å². The molecule has 0 spiro atoms.